The fraction of sp³-hybridized carbons (Fsp3) is 0. The second kappa shape index (κ2) is 4.25. The molecule has 0 atom stereocenters. The maximum absolute atomic E-state index is 13.0. The lowest BCUT2D eigenvalue weighted by Crippen LogP contribution is -2.04. The van der Waals surface area contributed by atoms with Crippen molar-refractivity contribution in [2.45, 2.75) is 0 Å². The zero-order valence-corrected chi connectivity index (χ0v) is 8.98. The largest absolute Gasteiger partial charge is 0.397 e. The number of hydrogen-bond acceptors (Lipinski definition) is 3. The van der Waals surface area contributed by atoms with Gasteiger partial charge in [-0.2, -0.15) is 0 Å². The summed E-state index contributed by atoms with van der Waals surface area (Å²) in [6.07, 6.45) is 0. The molecule has 2 aromatic carbocycles. The van der Waals surface area contributed by atoms with Gasteiger partial charge in [-0.25, -0.2) is 4.39 Å². The van der Waals surface area contributed by atoms with Gasteiger partial charge >= 0.3 is 0 Å². The number of anilines is 2. The van der Waals surface area contributed by atoms with Crippen LogP contribution in [-0.4, -0.2) is 5.78 Å². The van der Waals surface area contributed by atoms with Gasteiger partial charge in [0.2, 0.25) is 0 Å². The molecule has 0 spiro atoms. The number of carbonyl (C=O) groups is 1. The van der Waals surface area contributed by atoms with Crippen LogP contribution in [0.15, 0.2) is 42.5 Å². The smallest absolute Gasteiger partial charge is 0.193 e. The molecule has 0 heterocycles. The molecule has 0 saturated carbocycles. The number of nitrogen functional groups attached to an aromatic ring is 2. The van der Waals surface area contributed by atoms with Gasteiger partial charge in [0.25, 0.3) is 0 Å². The molecular formula is C13H11FN2O. The van der Waals surface area contributed by atoms with Crippen LogP contribution in [0.2, 0.25) is 0 Å². The Bertz CT molecular complexity index is 581. The number of benzene rings is 2. The predicted molar refractivity (Wildman–Crippen MR) is 65.1 cm³/mol. The van der Waals surface area contributed by atoms with Crippen LogP contribution >= 0.6 is 0 Å². The second-order valence-corrected chi connectivity index (χ2v) is 3.68. The molecule has 0 unspecified atom stereocenters. The van der Waals surface area contributed by atoms with Gasteiger partial charge in [0.15, 0.2) is 5.78 Å². The summed E-state index contributed by atoms with van der Waals surface area (Å²) in [5, 5.41) is 0. The van der Waals surface area contributed by atoms with E-state index >= 15 is 0 Å². The molecule has 17 heavy (non-hydrogen) atoms. The number of hydrogen-bond donors (Lipinski definition) is 2. The van der Waals surface area contributed by atoms with Crippen LogP contribution in [0.1, 0.15) is 15.9 Å². The van der Waals surface area contributed by atoms with Gasteiger partial charge in [-0.1, -0.05) is 12.1 Å². The summed E-state index contributed by atoms with van der Waals surface area (Å²) in [6, 6.07) is 10.1. The molecule has 0 aromatic heterocycles. The lowest BCUT2D eigenvalue weighted by Gasteiger charge is -2.04. The average Bonchev–Trinajstić information content (AvgIpc) is 2.32. The molecule has 0 radical (unpaired) electrons. The molecule has 0 amide bonds. The first-order valence-electron chi connectivity index (χ1n) is 5.03. The predicted octanol–water partition coefficient (Wildman–Crippen LogP) is 2.22. The summed E-state index contributed by atoms with van der Waals surface area (Å²) in [4.78, 5) is 12.0. The van der Waals surface area contributed by atoms with Gasteiger partial charge in [-0.15, -0.1) is 0 Å². The Balaban J connectivity index is 2.40. The maximum atomic E-state index is 13.0. The van der Waals surface area contributed by atoms with Gasteiger partial charge in [0.05, 0.1) is 11.4 Å². The van der Waals surface area contributed by atoms with E-state index in [0.29, 0.717) is 16.9 Å². The van der Waals surface area contributed by atoms with Crippen molar-refractivity contribution in [1.29, 1.82) is 0 Å². The molecule has 4 heteroatoms. The minimum atomic E-state index is -0.445. The van der Waals surface area contributed by atoms with Crippen LogP contribution in [-0.2, 0) is 0 Å². The zero-order chi connectivity index (χ0) is 12.4. The fourth-order valence-corrected chi connectivity index (χ4v) is 1.51. The Morgan fingerprint density at radius 2 is 1.65 bits per heavy atom. The molecule has 0 fully saturated rings. The molecule has 0 aliphatic carbocycles. The summed E-state index contributed by atoms with van der Waals surface area (Å²) in [6.45, 7) is 0. The van der Waals surface area contributed by atoms with Crippen LogP contribution in [0.4, 0.5) is 15.8 Å². The quantitative estimate of drug-likeness (QED) is 0.614. The third-order valence-corrected chi connectivity index (χ3v) is 2.44. The van der Waals surface area contributed by atoms with E-state index in [2.05, 4.69) is 0 Å². The minimum absolute atomic E-state index is 0.281. The van der Waals surface area contributed by atoms with Crippen molar-refractivity contribution in [3.63, 3.8) is 0 Å². The second-order valence-electron chi connectivity index (χ2n) is 3.68. The molecule has 2 rings (SSSR count). The lowest BCUT2D eigenvalue weighted by molar-refractivity contribution is 0.103. The Labute approximate surface area is 97.9 Å². The van der Waals surface area contributed by atoms with Gasteiger partial charge in [0, 0.05) is 11.1 Å². The fourth-order valence-electron chi connectivity index (χ4n) is 1.51. The topological polar surface area (TPSA) is 69.1 Å². The van der Waals surface area contributed by atoms with E-state index in [1.165, 1.54) is 24.3 Å². The summed E-state index contributed by atoms with van der Waals surface area (Å²) >= 11 is 0. The van der Waals surface area contributed by atoms with Crippen molar-refractivity contribution in [2.24, 2.45) is 0 Å². The van der Waals surface area contributed by atoms with Gasteiger partial charge < -0.3 is 11.5 Å². The summed E-state index contributed by atoms with van der Waals surface area (Å²) in [5.41, 5.74) is 12.6. The van der Waals surface area contributed by atoms with E-state index in [9.17, 15) is 9.18 Å². The third-order valence-electron chi connectivity index (χ3n) is 2.44. The SMILES string of the molecule is Nc1ccc(C(=O)c2cccc(F)c2)cc1N. The maximum Gasteiger partial charge on any atom is 0.193 e. The Kier molecular flexibility index (Phi) is 2.78. The molecular weight excluding hydrogens is 219 g/mol. The lowest BCUT2D eigenvalue weighted by atomic mass is 10.0. The highest BCUT2D eigenvalue weighted by Crippen LogP contribution is 2.19. The Morgan fingerprint density at radius 1 is 0.941 bits per heavy atom. The number of nitrogens with two attached hydrogens (primary N) is 2. The molecule has 3 nitrogen and oxygen atoms in total. The normalized spacial score (nSPS) is 10.2. The highest BCUT2D eigenvalue weighted by atomic mass is 19.1. The van der Waals surface area contributed by atoms with Crippen molar-refractivity contribution < 1.29 is 9.18 Å². The van der Waals surface area contributed by atoms with Crippen molar-refractivity contribution in [3.8, 4) is 0 Å². The van der Waals surface area contributed by atoms with Crippen LogP contribution in [0, 0.1) is 5.82 Å². The Morgan fingerprint density at radius 3 is 2.29 bits per heavy atom. The van der Waals surface area contributed by atoms with Crippen molar-refractivity contribution in [2.75, 3.05) is 11.5 Å². The molecule has 0 aliphatic rings. The molecule has 4 N–H and O–H groups in total. The molecule has 0 aliphatic heterocycles. The minimum Gasteiger partial charge on any atom is -0.397 e. The molecule has 2 aromatic rings. The van der Waals surface area contributed by atoms with Crippen LogP contribution in [0.25, 0.3) is 0 Å². The van der Waals surface area contributed by atoms with E-state index in [-0.39, 0.29) is 11.3 Å². The zero-order valence-electron chi connectivity index (χ0n) is 8.98. The van der Waals surface area contributed by atoms with Crippen molar-refractivity contribution >= 4 is 17.2 Å². The number of carbonyl (C=O) groups excluding carboxylic acids is 1. The van der Waals surface area contributed by atoms with Crippen molar-refractivity contribution in [3.05, 3.63) is 59.4 Å². The molecule has 86 valence electrons. The van der Waals surface area contributed by atoms with Crippen LogP contribution in [0.3, 0.4) is 0 Å². The molecule has 0 bridgehead atoms. The third kappa shape index (κ3) is 2.25. The average molecular weight is 230 g/mol. The van der Waals surface area contributed by atoms with E-state index in [1.54, 1.807) is 18.2 Å². The Hall–Kier alpha value is -2.36. The van der Waals surface area contributed by atoms with Gasteiger partial charge in [0.1, 0.15) is 5.82 Å². The highest BCUT2D eigenvalue weighted by Gasteiger charge is 2.10. The monoisotopic (exact) mass is 230 g/mol. The van der Waals surface area contributed by atoms with E-state index in [1.807, 2.05) is 0 Å². The first kappa shape index (κ1) is 11.1. The summed E-state index contributed by atoms with van der Waals surface area (Å²) in [7, 11) is 0. The number of ketones is 1. The number of rotatable bonds is 2. The van der Waals surface area contributed by atoms with Crippen molar-refractivity contribution in [1.82, 2.24) is 0 Å². The van der Waals surface area contributed by atoms with E-state index in [4.69, 9.17) is 11.5 Å². The highest BCUT2D eigenvalue weighted by molar-refractivity contribution is 6.09. The summed E-state index contributed by atoms with van der Waals surface area (Å²) < 4.78 is 13.0. The molecule has 0 saturated heterocycles. The van der Waals surface area contributed by atoms with E-state index in [0.717, 1.165) is 0 Å². The van der Waals surface area contributed by atoms with Crippen LogP contribution < -0.4 is 11.5 Å². The standard InChI is InChI=1S/C13H11FN2O/c14-10-3-1-2-8(6-10)13(17)9-4-5-11(15)12(16)7-9/h1-7H,15-16H2. The van der Waals surface area contributed by atoms with Crippen LogP contribution in [0.5, 0.6) is 0 Å². The number of halogens is 1. The summed E-state index contributed by atoms with van der Waals surface area (Å²) in [5.74, 6) is -0.726. The van der Waals surface area contributed by atoms with E-state index < -0.39 is 5.82 Å². The first-order chi connectivity index (χ1) is 8.08. The first-order valence-corrected chi connectivity index (χ1v) is 5.03. The van der Waals surface area contributed by atoms with Gasteiger partial charge in [-0.3, -0.25) is 4.79 Å². The van der Waals surface area contributed by atoms with Gasteiger partial charge in [-0.05, 0) is 30.3 Å².